The van der Waals surface area contributed by atoms with Gasteiger partial charge in [-0.2, -0.15) is 4.98 Å². The molecule has 0 fully saturated rings. The molecule has 1 aromatic carbocycles. The van der Waals surface area contributed by atoms with E-state index in [0.717, 1.165) is 9.37 Å². The molecule has 0 atom stereocenters. The number of thioether (sulfide) groups is 1. The standard InChI is InChI=1S/C11H9BrN2OS/c1-2-11-13-10(14-15-11)7-16-9-6-4-3-5-8(9)12/h2-6H,1,7H2. The highest BCUT2D eigenvalue weighted by Crippen LogP contribution is 2.28. The number of rotatable bonds is 4. The molecular weight excluding hydrogens is 288 g/mol. The van der Waals surface area contributed by atoms with Crippen molar-refractivity contribution in [2.24, 2.45) is 0 Å². The summed E-state index contributed by atoms with van der Waals surface area (Å²) in [5.41, 5.74) is 0. The van der Waals surface area contributed by atoms with Crippen molar-refractivity contribution in [3.63, 3.8) is 0 Å². The van der Waals surface area contributed by atoms with E-state index in [1.807, 2.05) is 24.3 Å². The maximum Gasteiger partial charge on any atom is 0.250 e. The minimum absolute atomic E-state index is 0.461. The number of hydrogen-bond acceptors (Lipinski definition) is 4. The largest absolute Gasteiger partial charge is 0.335 e. The summed E-state index contributed by atoms with van der Waals surface area (Å²) >= 11 is 5.15. The predicted molar refractivity (Wildman–Crippen MR) is 68.1 cm³/mol. The van der Waals surface area contributed by atoms with Gasteiger partial charge in [0.2, 0.25) is 5.89 Å². The van der Waals surface area contributed by atoms with E-state index in [2.05, 4.69) is 32.6 Å². The molecule has 0 saturated heterocycles. The van der Waals surface area contributed by atoms with Crippen LogP contribution in [0.15, 0.2) is 44.7 Å². The van der Waals surface area contributed by atoms with Crippen LogP contribution in [-0.4, -0.2) is 10.1 Å². The third-order valence-electron chi connectivity index (χ3n) is 1.85. The first-order valence-electron chi connectivity index (χ1n) is 4.62. The maximum absolute atomic E-state index is 4.93. The maximum atomic E-state index is 4.93. The summed E-state index contributed by atoms with van der Waals surface area (Å²) in [4.78, 5) is 5.30. The average molecular weight is 297 g/mol. The van der Waals surface area contributed by atoms with Gasteiger partial charge in [0.1, 0.15) is 0 Å². The Hall–Kier alpha value is -1.07. The molecule has 0 saturated carbocycles. The molecule has 16 heavy (non-hydrogen) atoms. The van der Waals surface area contributed by atoms with Gasteiger partial charge in [-0.3, -0.25) is 0 Å². The highest BCUT2D eigenvalue weighted by molar-refractivity contribution is 9.10. The van der Waals surface area contributed by atoms with Crippen molar-refractivity contribution in [1.29, 1.82) is 0 Å². The van der Waals surface area contributed by atoms with Gasteiger partial charge in [0.05, 0.1) is 5.75 Å². The zero-order valence-corrected chi connectivity index (χ0v) is 10.8. The summed E-state index contributed by atoms with van der Waals surface area (Å²) in [6, 6.07) is 8.04. The van der Waals surface area contributed by atoms with E-state index in [-0.39, 0.29) is 0 Å². The third kappa shape index (κ3) is 2.74. The Morgan fingerprint density at radius 2 is 2.25 bits per heavy atom. The molecule has 2 aromatic rings. The molecule has 1 heterocycles. The quantitative estimate of drug-likeness (QED) is 0.805. The third-order valence-corrected chi connectivity index (χ3v) is 3.88. The van der Waals surface area contributed by atoms with Crippen LogP contribution >= 0.6 is 27.7 Å². The fraction of sp³-hybridized carbons (Fsp3) is 0.0909. The van der Waals surface area contributed by atoms with Crippen molar-refractivity contribution >= 4 is 33.8 Å². The number of nitrogens with zero attached hydrogens (tertiary/aromatic N) is 2. The predicted octanol–water partition coefficient (Wildman–Crippen LogP) is 3.77. The molecule has 0 aliphatic rings. The smallest absolute Gasteiger partial charge is 0.250 e. The molecule has 3 nitrogen and oxygen atoms in total. The Kier molecular flexibility index (Phi) is 3.79. The lowest BCUT2D eigenvalue weighted by molar-refractivity contribution is 0.405. The van der Waals surface area contributed by atoms with E-state index in [0.29, 0.717) is 17.5 Å². The van der Waals surface area contributed by atoms with Gasteiger partial charge in [0, 0.05) is 9.37 Å². The molecule has 0 N–H and O–H groups in total. The lowest BCUT2D eigenvalue weighted by Gasteiger charge is -2.00. The lowest BCUT2D eigenvalue weighted by Crippen LogP contribution is -1.84. The van der Waals surface area contributed by atoms with Crippen LogP contribution in [0.3, 0.4) is 0 Å². The summed E-state index contributed by atoms with van der Waals surface area (Å²) in [6.07, 6.45) is 1.54. The van der Waals surface area contributed by atoms with Gasteiger partial charge in [0.25, 0.3) is 0 Å². The van der Waals surface area contributed by atoms with Crippen LogP contribution in [0.5, 0.6) is 0 Å². The van der Waals surface area contributed by atoms with Crippen LogP contribution in [-0.2, 0) is 5.75 Å². The molecule has 0 radical (unpaired) electrons. The summed E-state index contributed by atoms with van der Waals surface area (Å²) < 4.78 is 6.00. The fourth-order valence-electron chi connectivity index (χ4n) is 1.11. The fourth-order valence-corrected chi connectivity index (χ4v) is 2.52. The zero-order chi connectivity index (χ0) is 11.4. The van der Waals surface area contributed by atoms with Crippen LogP contribution in [0.4, 0.5) is 0 Å². The first-order valence-corrected chi connectivity index (χ1v) is 6.40. The van der Waals surface area contributed by atoms with Crippen LogP contribution in [0, 0.1) is 0 Å². The van der Waals surface area contributed by atoms with Crippen LogP contribution in [0.25, 0.3) is 6.08 Å². The van der Waals surface area contributed by atoms with Gasteiger partial charge >= 0.3 is 0 Å². The second-order valence-corrected chi connectivity index (χ2v) is 4.84. The number of halogens is 1. The summed E-state index contributed by atoms with van der Waals surface area (Å²) in [7, 11) is 0. The van der Waals surface area contributed by atoms with E-state index < -0.39 is 0 Å². The molecule has 0 amide bonds. The molecule has 5 heteroatoms. The van der Waals surface area contributed by atoms with Crippen molar-refractivity contribution in [2.75, 3.05) is 0 Å². The molecule has 0 bridgehead atoms. The summed E-state index contributed by atoms with van der Waals surface area (Å²) in [5, 5.41) is 3.84. The van der Waals surface area contributed by atoms with E-state index in [1.54, 1.807) is 17.8 Å². The molecule has 0 aliphatic carbocycles. The van der Waals surface area contributed by atoms with Gasteiger partial charge in [-0.1, -0.05) is 23.9 Å². The molecule has 2 rings (SSSR count). The number of benzene rings is 1. The Morgan fingerprint density at radius 1 is 1.44 bits per heavy atom. The minimum Gasteiger partial charge on any atom is -0.335 e. The van der Waals surface area contributed by atoms with Crippen molar-refractivity contribution in [3.8, 4) is 0 Å². The normalized spacial score (nSPS) is 10.3. The van der Waals surface area contributed by atoms with Gasteiger partial charge in [-0.15, -0.1) is 11.8 Å². The van der Waals surface area contributed by atoms with Gasteiger partial charge < -0.3 is 4.52 Å². The van der Waals surface area contributed by atoms with Crippen molar-refractivity contribution in [3.05, 3.63) is 47.0 Å². The Labute approximate surface area is 106 Å². The highest BCUT2D eigenvalue weighted by atomic mass is 79.9. The second-order valence-electron chi connectivity index (χ2n) is 2.97. The summed E-state index contributed by atoms with van der Waals surface area (Å²) in [6.45, 7) is 3.57. The summed E-state index contributed by atoms with van der Waals surface area (Å²) in [5.74, 6) is 1.82. The number of aromatic nitrogens is 2. The SMILES string of the molecule is C=Cc1nc(CSc2ccccc2Br)no1. The van der Waals surface area contributed by atoms with Gasteiger partial charge in [-0.05, 0) is 34.1 Å². The van der Waals surface area contributed by atoms with E-state index in [9.17, 15) is 0 Å². The molecular formula is C11H9BrN2OS. The molecule has 0 unspecified atom stereocenters. The zero-order valence-electron chi connectivity index (χ0n) is 8.39. The first-order chi connectivity index (χ1) is 7.79. The van der Waals surface area contributed by atoms with Gasteiger partial charge in [0.15, 0.2) is 5.82 Å². The first kappa shape index (κ1) is 11.4. The Morgan fingerprint density at radius 3 is 2.94 bits per heavy atom. The van der Waals surface area contributed by atoms with Crippen LogP contribution < -0.4 is 0 Å². The lowest BCUT2D eigenvalue weighted by atomic mass is 10.4. The van der Waals surface area contributed by atoms with Crippen molar-refractivity contribution < 1.29 is 4.52 Å². The Balaban J connectivity index is 2.02. The van der Waals surface area contributed by atoms with E-state index in [1.165, 1.54) is 0 Å². The van der Waals surface area contributed by atoms with Crippen LogP contribution in [0.1, 0.15) is 11.7 Å². The topological polar surface area (TPSA) is 38.9 Å². The Bertz CT molecular complexity index is 498. The monoisotopic (exact) mass is 296 g/mol. The van der Waals surface area contributed by atoms with Crippen molar-refractivity contribution in [2.45, 2.75) is 10.6 Å². The van der Waals surface area contributed by atoms with E-state index >= 15 is 0 Å². The second kappa shape index (κ2) is 5.32. The average Bonchev–Trinajstić information content (AvgIpc) is 2.76. The molecule has 1 aromatic heterocycles. The molecule has 0 spiro atoms. The van der Waals surface area contributed by atoms with E-state index in [4.69, 9.17) is 4.52 Å². The highest BCUT2D eigenvalue weighted by Gasteiger charge is 2.05. The molecule has 82 valence electrons. The minimum atomic E-state index is 0.461. The molecule has 0 aliphatic heterocycles. The van der Waals surface area contributed by atoms with Crippen LogP contribution in [0.2, 0.25) is 0 Å². The number of hydrogen-bond donors (Lipinski definition) is 0. The van der Waals surface area contributed by atoms with Crippen molar-refractivity contribution in [1.82, 2.24) is 10.1 Å². The van der Waals surface area contributed by atoms with Gasteiger partial charge in [-0.25, -0.2) is 0 Å².